The van der Waals surface area contributed by atoms with Gasteiger partial charge in [-0.2, -0.15) is 37.3 Å². The van der Waals surface area contributed by atoms with Crippen LogP contribution in [-0.2, 0) is 20.2 Å². The molecule has 26 heteroatoms. The molecule has 8 aromatic rings. The van der Waals surface area contributed by atoms with Crippen molar-refractivity contribution in [1.29, 1.82) is 0 Å². The molecule has 0 heterocycles. The van der Waals surface area contributed by atoms with Gasteiger partial charge in [-0.25, -0.2) is 0 Å². The predicted octanol–water partition coefficient (Wildman–Crippen LogP) is 9.70. The van der Waals surface area contributed by atoms with Crippen molar-refractivity contribution in [3.8, 4) is 11.5 Å². The van der Waals surface area contributed by atoms with E-state index in [0.717, 1.165) is 12.1 Å². The molecule has 1 aliphatic rings. The van der Waals surface area contributed by atoms with Gasteiger partial charge in [0.15, 0.2) is 23.1 Å². The van der Waals surface area contributed by atoms with Gasteiger partial charge in [-0.05, 0) is 121 Å². The number of ketones is 2. The van der Waals surface area contributed by atoms with E-state index in [1.165, 1.54) is 109 Å². The van der Waals surface area contributed by atoms with Crippen molar-refractivity contribution >= 4 is 122 Å². The van der Waals surface area contributed by atoms with Crippen molar-refractivity contribution < 1.29 is 55.3 Å². The maximum absolute atomic E-state index is 13.9. The Bertz CT molecular complexity index is 3900. The highest BCUT2D eigenvalue weighted by molar-refractivity contribution is 7.86. The van der Waals surface area contributed by atoms with Gasteiger partial charge in [0.2, 0.25) is 11.8 Å². The number of phenols is 2. The van der Waals surface area contributed by atoms with Gasteiger partial charge in [-0.1, -0.05) is 0 Å². The van der Waals surface area contributed by atoms with Gasteiger partial charge < -0.3 is 33.1 Å². The molecule has 1 aliphatic carbocycles. The number of nitrogens with zero attached hydrogens (tertiary/aromatic N) is 8. The number of benzene rings is 8. The first-order valence-electron chi connectivity index (χ1n) is 21.0. The van der Waals surface area contributed by atoms with Crippen molar-refractivity contribution in [3.05, 3.63) is 155 Å². The monoisotopic (exact) mass is 1030 g/mol. The molecule has 0 aliphatic heterocycles. The Morgan fingerprint density at radius 1 is 0.419 bits per heavy atom. The van der Waals surface area contributed by atoms with E-state index in [4.69, 9.17) is 22.9 Å². The van der Waals surface area contributed by atoms with Crippen LogP contribution in [0.4, 0.5) is 56.9 Å². The van der Waals surface area contributed by atoms with Crippen molar-refractivity contribution in [2.24, 2.45) is 52.4 Å². The van der Waals surface area contributed by atoms with Crippen molar-refractivity contribution in [3.63, 3.8) is 0 Å². The highest BCUT2D eigenvalue weighted by atomic mass is 32.2. The van der Waals surface area contributed by atoms with Crippen LogP contribution in [0.5, 0.6) is 11.5 Å². The van der Waals surface area contributed by atoms with E-state index in [2.05, 4.69) is 40.9 Å². The Kier molecular flexibility index (Phi) is 12.3. The SMILES string of the molecule is NC(=O)c1ccc(N=Nc2ccc(N)c3c(O)c(N=Nc4ccc5c(c4)C(=O)c4ccc(N=Nc6c(S(=O)(=O)O)cc7c(N=Nc8ccc(C(N)=O)cc8)ccc(N)c7c6O)cc4C5=O)c(S(=O)(=O)O)cc23)cc1. The molecule has 0 atom stereocenters. The van der Waals surface area contributed by atoms with Crippen LogP contribution in [0, 0.1) is 0 Å². The number of nitrogens with two attached hydrogens (primary N) is 4. The van der Waals surface area contributed by atoms with Gasteiger partial charge in [0.05, 0.1) is 44.9 Å². The standard InChI is InChI=1S/C48H32N12O12S2/c49-33-13-15-35(57-53-23-5-1-21(2-6-23)47(51)65)31-19-37(73(67,68)69)41(45(63)39(31)33)59-55-25-9-11-27-29(17-25)43(61)28-12-10-26(18-30(28)44(27)62)56-60-42-38(74(70,71)72)20-32-36(16-14-34(50)40(32)46(42)64)58-54-24-7-3-22(4-8-24)48(52)66/h1-20,63-64H,49-50H2,(H2,51,65)(H2,52,66)(H,67,68,69)(H,70,71,72). The highest BCUT2D eigenvalue weighted by Gasteiger charge is 2.31. The normalized spacial score (nSPS) is 12.9. The third-order valence-electron chi connectivity index (χ3n) is 11.4. The van der Waals surface area contributed by atoms with E-state index >= 15 is 0 Å². The Hall–Kier alpha value is -10.0. The summed E-state index contributed by atoms with van der Waals surface area (Å²) in [6, 6.07) is 26.2. The zero-order chi connectivity index (χ0) is 53.0. The third kappa shape index (κ3) is 9.23. The average molecular weight is 1030 g/mol. The number of fused-ring (bicyclic) bond motifs is 4. The topological polar surface area (TPSA) is 420 Å². The van der Waals surface area contributed by atoms with Gasteiger partial charge in [0.25, 0.3) is 20.2 Å². The molecule has 74 heavy (non-hydrogen) atoms. The highest BCUT2D eigenvalue weighted by Crippen LogP contribution is 2.48. The summed E-state index contributed by atoms with van der Waals surface area (Å²) in [7, 11) is -10.3. The average Bonchev–Trinajstić information content (AvgIpc) is 3.36. The van der Waals surface area contributed by atoms with Crippen LogP contribution in [0.25, 0.3) is 21.5 Å². The molecule has 0 spiro atoms. The number of azo groups is 4. The zero-order valence-corrected chi connectivity index (χ0v) is 38.9. The maximum atomic E-state index is 13.9. The molecule has 12 N–H and O–H groups in total. The van der Waals surface area contributed by atoms with Gasteiger partial charge in [-0.3, -0.25) is 28.3 Å². The number of anilines is 2. The molecule has 24 nitrogen and oxygen atoms in total. The molecule has 368 valence electrons. The van der Waals surface area contributed by atoms with Crippen LogP contribution in [0.3, 0.4) is 0 Å². The van der Waals surface area contributed by atoms with Gasteiger partial charge >= 0.3 is 0 Å². The second-order valence-corrected chi connectivity index (χ2v) is 18.8. The van der Waals surface area contributed by atoms with Crippen LogP contribution >= 0.6 is 0 Å². The van der Waals surface area contributed by atoms with Gasteiger partial charge in [0, 0.05) is 55.5 Å². The third-order valence-corrected chi connectivity index (χ3v) is 13.1. The first kappa shape index (κ1) is 49.0. The fourth-order valence-electron chi connectivity index (χ4n) is 7.78. The molecule has 2 amide bonds. The Balaban J connectivity index is 1.01. The van der Waals surface area contributed by atoms with Crippen LogP contribution in [0.2, 0.25) is 0 Å². The molecule has 0 fully saturated rings. The van der Waals surface area contributed by atoms with Crippen LogP contribution < -0.4 is 22.9 Å². The van der Waals surface area contributed by atoms with E-state index in [0.29, 0.717) is 0 Å². The lowest BCUT2D eigenvalue weighted by atomic mass is 9.83. The number of rotatable bonds is 12. The lowest BCUT2D eigenvalue weighted by Crippen LogP contribution is -2.20. The maximum Gasteiger partial charge on any atom is 0.296 e. The number of aromatic hydroxyl groups is 2. The number of hydrogen-bond donors (Lipinski definition) is 8. The molecule has 8 aromatic carbocycles. The van der Waals surface area contributed by atoms with Gasteiger partial charge in [-0.15, -0.1) is 20.5 Å². The summed E-state index contributed by atoms with van der Waals surface area (Å²) in [5, 5.41) is 54.8. The van der Waals surface area contributed by atoms with Crippen LogP contribution in [0.15, 0.2) is 172 Å². The molecule has 0 saturated heterocycles. The molecular weight excluding hydrogens is 1000 g/mol. The molecule has 9 rings (SSSR count). The summed E-state index contributed by atoms with van der Waals surface area (Å²) in [6.45, 7) is 0. The number of hydrogen-bond acceptors (Lipinski definition) is 20. The minimum absolute atomic E-state index is 0.00981. The van der Waals surface area contributed by atoms with Gasteiger partial charge in [0.1, 0.15) is 21.2 Å². The Morgan fingerprint density at radius 2 is 0.757 bits per heavy atom. The van der Waals surface area contributed by atoms with Crippen molar-refractivity contribution in [2.45, 2.75) is 9.79 Å². The summed E-state index contributed by atoms with van der Waals surface area (Å²) < 4.78 is 71.4. The quantitative estimate of drug-likeness (QED) is 0.0321. The second kappa shape index (κ2) is 18.6. The molecule has 0 unspecified atom stereocenters. The Morgan fingerprint density at radius 3 is 1.09 bits per heavy atom. The molecule has 0 bridgehead atoms. The summed E-state index contributed by atoms with van der Waals surface area (Å²) in [6.07, 6.45) is 0. The number of primary amides is 2. The summed E-state index contributed by atoms with van der Waals surface area (Å²) in [5.41, 5.74) is 21.7. The largest absolute Gasteiger partial charge is 0.505 e. The summed E-state index contributed by atoms with van der Waals surface area (Å²) in [4.78, 5) is 48.9. The fraction of sp³-hybridized carbons (Fsp3) is 0. The first-order valence-corrected chi connectivity index (χ1v) is 23.9. The number of phenolic OH excluding ortho intramolecular Hbond substituents is 2. The minimum atomic E-state index is -5.14. The number of carbonyl (C=O) groups is 4. The zero-order valence-electron chi connectivity index (χ0n) is 37.3. The van der Waals surface area contributed by atoms with Crippen molar-refractivity contribution in [2.75, 3.05) is 11.5 Å². The van der Waals surface area contributed by atoms with E-state index in [1.807, 2.05) is 0 Å². The molecule has 0 aromatic heterocycles. The van der Waals surface area contributed by atoms with E-state index in [-0.39, 0.29) is 100 Å². The number of carbonyl (C=O) groups excluding carboxylic acids is 4. The Labute approximate surface area is 415 Å². The molecule has 0 saturated carbocycles. The molecular formula is C48H32N12O12S2. The van der Waals surface area contributed by atoms with E-state index in [9.17, 15) is 55.3 Å². The number of amides is 2. The number of nitrogen functional groups attached to an aromatic ring is 2. The van der Waals surface area contributed by atoms with Crippen molar-refractivity contribution in [1.82, 2.24) is 0 Å². The summed E-state index contributed by atoms with van der Waals surface area (Å²) >= 11 is 0. The smallest absolute Gasteiger partial charge is 0.296 e. The summed E-state index contributed by atoms with van der Waals surface area (Å²) in [5.74, 6) is -4.31. The van der Waals surface area contributed by atoms with E-state index in [1.54, 1.807) is 0 Å². The molecule has 0 radical (unpaired) electrons. The first-order chi connectivity index (χ1) is 35.1. The van der Waals surface area contributed by atoms with E-state index < -0.39 is 76.3 Å². The second-order valence-electron chi connectivity index (χ2n) is 16.0. The lowest BCUT2D eigenvalue weighted by molar-refractivity contribution is 0.0979. The predicted molar refractivity (Wildman–Crippen MR) is 266 cm³/mol. The fourth-order valence-corrected chi connectivity index (χ4v) is 9.07. The lowest BCUT2D eigenvalue weighted by Gasteiger charge is -2.17. The minimum Gasteiger partial charge on any atom is -0.505 e. The van der Waals surface area contributed by atoms with Crippen LogP contribution in [-0.4, -0.2) is 59.5 Å². The van der Waals surface area contributed by atoms with Crippen LogP contribution in [0.1, 0.15) is 52.6 Å².